The Bertz CT molecular complexity index is 775. The zero-order valence-corrected chi connectivity index (χ0v) is 15.3. The molecule has 0 aliphatic carbocycles. The van der Waals surface area contributed by atoms with E-state index in [0.717, 1.165) is 49.7 Å². The minimum atomic E-state index is -0.847. The van der Waals surface area contributed by atoms with E-state index < -0.39 is 17.5 Å². The molecule has 0 unspecified atom stereocenters. The highest BCUT2D eigenvalue weighted by Crippen LogP contribution is 2.20. The lowest BCUT2D eigenvalue weighted by Crippen LogP contribution is -2.48. The molecule has 1 amide bonds. The van der Waals surface area contributed by atoms with Crippen LogP contribution in [0.3, 0.4) is 0 Å². The van der Waals surface area contributed by atoms with Gasteiger partial charge in [0.05, 0.1) is 12.7 Å². The van der Waals surface area contributed by atoms with Gasteiger partial charge < -0.3 is 15.0 Å². The molecule has 0 spiro atoms. The Kier molecular flexibility index (Phi) is 6.24. The highest BCUT2D eigenvalue weighted by atomic mass is 19.1. The molecule has 1 saturated heterocycles. The molecule has 27 heavy (non-hydrogen) atoms. The molecule has 0 atom stereocenters. The van der Waals surface area contributed by atoms with Gasteiger partial charge in [-0.3, -0.25) is 9.69 Å². The lowest BCUT2D eigenvalue weighted by molar-refractivity contribution is 0.0943. The van der Waals surface area contributed by atoms with Crippen LogP contribution in [0.15, 0.2) is 42.5 Å². The van der Waals surface area contributed by atoms with Gasteiger partial charge in [0.2, 0.25) is 0 Å². The van der Waals surface area contributed by atoms with Crippen molar-refractivity contribution in [2.75, 3.05) is 51.3 Å². The zero-order valence-electron chi connectivity index (χ0n) is 15.3. The average Bonchev–Trinajstić information content (AvgIpc) is 2.68. The smallest absolute Gasteiger partial charge is 0.254 e. The minimum absolute atomic E-state index is 0.138. The molecule has 0 radical (unpaired) electrons. The van der Waals surface area contributed by atoms with Crippen LogP contribution in [0.5, 0.6) is 5.75 Å². The first-order valence-corrected chi connectivity index (χ1v) is 8.91. The molecule has 1 fully saturated rings. The van der Waals surface area contributed by atoms with E-state index in [1.165, 1.54) is 0 Å². The van der Waals surface area contributed by atoms with Crippen molar-refractivity contribution in [3.8, 4) is 5.75 Å². The monoisotopic (exact) mass is 375 g/mol. The predicted octanol–water partition coefficient (Wildman–Crippen LogP) is 2.53. The van der Waals surface area contributed by atoms with Gasteiger partial charge in [0.15, 0.2) is 0 Å². The summed E-state index contributed by atoms with van der Waals surface area (Å²) in [5.41, 5.74) is 1.02. The number of anilines is 1. The third-order valence-corrected chi connectivity index (χ3v) is 4.70. The number of benzene rings is 2. The van der Waals surface area contributed by atoms with Crippen molar-refractivity contribution in [2.24, 2.45) is 0 Å². The molecule has 5 nitrogen and oxygen atoms in total. The highest BCUT2D eigenvalue weighted by Gasteiger charge is 2.18. The molecule has 1 heterocycles. The fraction of sp³-hybridized carbons (Fsp3) is 0.350. The number of carbonyl (C=O) groups is 1. The number of ether oxygens (including phenoxy) is 1. The largest absolute Gasteiger partial charge is 0.497 e. The molecule has 0 bridgehead atoms. The molecular weight excluding hydrogens is 352 g/mol. The standard InChI is InChI=1S/C20H23F2N3O2/c1-27-17-5-3-16(4-6-17)25-12-10-24(11-13-25)9-8-23-20(26)18-7-2-15(21)14-19(18)22/h2-7,14H,8-13H2,1H3,(H,23,26). The summed E-state index contributed by atoms with van der Waals surface area (Å²) < 4.78 is 31.7. The Balaban J connectivity index is 1.42. The fourth-order valence-electron chi connectivity index (χ4n) is 3.12. The van der Waals surface area contributed by atoms with Crippen LogP contribution < -0.4 is 15.0 Å². The van der Waals surface area contributed by atoms with Gasteiger partial charge in [0.25, 0.3) is 5.91 Å². The Hall–Kier alpha value is -2.67. The second kappa shape index (κ2) is 8.81. The summed E-state index contributed by atoms with van der Waals surface area (Å²) in [6.45, 7) is 4.66. The number of carbonyl (C=O) groups excluding carboxylic acids is 1. The van der Waals surface area contributed by atoms with Crippen LogP contribution >= 0.6 is 0 Å². The number of halogens is 2. The second-order valence-electron chi connectivity index (χ2n) is 6.41. The number of methoxy groups -OCH3 is 1. The molecule has 0 saturated carbocycles. The summed E-state index contributed by atoms with van der Waals surface area (Å²) in [7, 11) is 1.65. The van der Waals surface area contributed by atoms with Gasteiger partial charge in [0.1, 0.15) is 17.4 Å². The number of amides is 1. The molecule has 1 N–H and O–H groups in total. The number of hydrogen-bond donors (Lipinski definition) is 1. The van der Waals surface area contributed by atoms with E-state index in [0.29, 0.717) is 19.2 Å². The van der Waals surface area contributed by atoms with Gasteiger partial charge in [-0.15, -0.1) is 0 Å². The summed E-state index contributed by atoms with van der Waals surface area (Å²) in [6.07, 6.45) is 0. The summed E-state index contributed by atoms with van der Waals surface area (Å²) >= 11 is 0. The number of nitrogens with one attached hydrogen (secondary N) is 1. The van der Waals surface area contributed by atoms with Crippen LogP contribution in [0.4, 0.5) is 14.5 Å². The van der Waals surface area contributed by atoms with Crippen LogP contribution in [0, 0.1) is 11.6 Å². The van der Waals surface area contributed by atoms with Crippen LogP contribution in [-0.2, 0) is 0 Å². The SMILES string of the molecule is COc1ccc(N2CCN(CCNC(=O)c3ccc(F)cc3F)CC2)cc1. The van der Waals surface area contributed by atoms with Crippen molar-refractivity contribution in [3.05, 3.63) is 59.7 Å². The van der Waals surface area contributed by atoms with Gasteiger partial charge >= 0.3 is 0 Å². The lowest BCUT2D eigenvalue weighted by atomic mass is 10.2. The molecule has 2 aromatic carbocycles. The highest BCUT2D eigenvalue weighted by molar-refractivity contribution is 5.94. The normalized spacial score (nSPS) is 14.9. The Morgan fingerprint density at radius 3 is 2.41 bits per heavy atom. The predicted molar refractivity (Wildman–Crippen MR) is 100 cm³/mol. The van der Waals surface area contributed by atoms with Crippen molar-refractivity contribution in [1.82, 2.24) is 10.2 Å². The molecule has 3 rings (SSSR count). The first-order chi connectivity index (χ1) is 13.1. The minimum Gasteiger partial charge on any atom is -0.497 e. The van der Waals surface area contributed by atoms with E-state index in [1.807, 2.05) is 24.3 Å². The van der Waals surface area contributed by atoms with Crippen molar-refractivity contribution in [3.63, 3.8) is 0 Å². The van der Waals surface area contributed by atoms with E-state index in [-0.39, 0.29) is 5.56 Å². The summed E-state index contributed by atoms with van der Waals surface area (Å²) in [5, 5.41) is 2.69. The van der Waals surface area contributed by atoms with Gasteiger partial charge in [0, 0.05) is 51.0 Å². The van der Waals surface area contributed by atoms with Gasteiger partial charge in [-0.05, 0) is 36.4 Å². The Labute approximate surface area is 157 Å². The van der Waals surface area contributed by atoms with E-state index >= 15 is 0 Å². The van der Waals surface area contributed by atoms with E-state index in [9.17, 15) is 13.6 Å². The second-order valence-corrected chi connectivity index (χ2v) is 6.41. The Morgan fingerprint density at radius 2 is 1.78 bits per heavy atom. The molecule has 1 aliphatic rings. The van der Waals surface area contributed by atoms with E-state index in [4.69, 9.17) is 4.74 Å². The quantitative estimate of drug-likeness (QED) is 0.843. The van der Waals surface area contributed by atoms with Gasteiger partial charge in [-0.1, -0.05) is 0 Å². The van der Waals surface area contributed by atoms with Gasteiger partial charge in [-0.25, -0.2) is 8.78 Å². The molecule has 1 aliphatic heterocycles. The summed E-state index contributed by atoms with van der Waals surface area (Å²) in [5.74, 6) is -1.23. The van der Waals surface area contributed by atoms with Crippen molar-refractivity contribution in [2.45, 2.75) is 0 Å². The lowest BCUT2D eigenvalue weighted by Gasteiger charge is -2.36. The number of hydrogen-bond acceptors (Lipinski definition) is 4. The number of piperazine rings is 1. The van der Waals surface area contributed by atoms with Crippen LogP contribution in [0.2, 0.25) is 0 Å². The third-order valence-electron chi connectivity index (χ3n) is 4.70. The van der Waals surface area contributed by atoms with Crippen molar-refractivity contribution < 1.29 is 18.3 Å². The van der Waals surface area contributed by atoms with Crippen molar-refractivity contribution in [1.29, 1.82) is 0 Å². The van der Waals surface area contributed by atoms with E-state index in [1.54, 1.807) is 7.11 Å². The summed E-state index contributed by atoms with van der Waals surface area (Å²) in [6, 6.07) is 11.0. The van der Waals surface area contributed by atoms with E-state index in [2.05, 4.69) is 15.1 Å². The third kappa shape index (κ3) is 4.95. The molecule has 144 valence electrons. The van der Waals surface area contributed by atoms with Gasteiger partial charge in [-0.2, -0.15) is 0 Å². The molecule has 7 heteroatoms. The number of rotatable bonds is 6. The maximum atomic E-state index is 13.6. The van der Waals surface area contributed by atoms with Crippen LogP contribution in [0.25, 0.3) is 0 Å². The summed E-state index contributed by atoms with van der Waals surface area (Å²) in [4.78, 5) is 16.6. The molecule has 2 aromatic rings. The maximum absolute atomic E-state index is 13.6. The number of nitrogens with zero attached hydrogens (tertiary/aromatic N) is 2. The van der Waals surface area contributed by atoms with Crippen LogP contribution in [0.1, 0.15) is 10.4 Å². The fourth-order valence-corrected chi connectivity index (χ4v) is 3.12. The topological polar surface area (TPSA) is 44.8 Å². The maximum Gasteiger partial charge on any atom is 0.254 e. The molecule has 0 aromatic heterocycles. The molecular formula is C20H23F2N3O2. The average molecular weight is 375 g/mol. The Morgan fingerprint density at radius 1 is 1.07 bits per heavy atom. The first kappa shape index (κ1) is 19.1. The first-order valence-electron chi connectivity index (χ1n) is 8.91. The zero-order chi connectivity index (χ0) is 19.2. The van der Waals surface area contributed by atoms with Crippen molar-refractivity contribution >= 4 is 11.6 Å². The van der Waals surface area contributed by atoms with Crippen LogP contribution in [-0.4, -0.2) is 57.2 Å².